The van der Waals surface area contributed by atoms with Crippen LogP contribution in [0.3, 0.4) is 0 Å². The molecule has 0 bridgehead atoms. The Morgan fingerprint density at radius 3 is 3.20 bits per heavy atom. The summed E-state index contributed by atoms with van der Waals surface area (Å²) in [6.07, 6.45) is 1.21. The molecule has 0 radical (unpaired) electrons. The van der Waals surface area contributed by atoms with E-state index in [9.17, 15) is 0 Å². The zero-order valence-corrected chi connectivity index (χ0v) is 10.3. The third kappa shape index (κ3) is 1.73. The number of fused-ring (bicyclic) bond motifs is 3. The molecule has 1 aromatic rings. The van der Waals surface area contributed by atoms with Crippen molar-refractivity contribution in [2.75, 3.05) is 26.2 Å². The molecule has 3 rings (SSSR count). The quantitative estimate of drug-likeness (QED) is 0.773. The normalized spacial score (nSPS) is 25.8. The van der Waals surface area contributed by atoms with Crippen LogP contribution in [0.25, 0.3) is 0 Å². The average molecular weight is 267 g/mol. The van der Waals surface area contributed by atoms with E-state index in [0.717, 1.165) is 13.1 Å². The molecule has 2 nitrogen and oxygen atoms in total. The molecule has 0 aromatic heterocycles. The third-order valence-corrected chi connectivity index (χ3v) is 3.98. The molecule has 2 aliphatic rings. The van der Waals surface area contributed by atoms with Crippen molar-refractivity contribution in [2.24, 2.45) is 0 Å². The highest BCUT2D eigenvalue weighted by Crippen LogP contribution is 2.32. The topological polar surface area (TPSA) is 15.3 Å². The van der Waals surface area contributed by atoms with Crippen molar-refractivity contribution in [2.45, 2.75) is 12.5 Å². The number of benzene rings is 1. The van der Waals surface area contributed by atoms with Crippen LogP contribution in [-0.2, 0) is 6.42 Å². The Morgan fingerprint density at radius 1 is 1.33 bits per heavy atom. The first kappa shape index (κ1) is 9.82. The Labute approximate surface area is 98.8 Å². The molecule has 0 amide bonds. The fourth-order valence-electron chi connectivity index (χ4n) is 2.69. The summed E-state index contributed by atoms with van der Waals surface area (Å²) in [6.45, 7) is 4.65. The summed E-state index contributed by atoms with van der Waals surface area (Å²) in [5, 5.41) is 3.49. The Hall–Kier alpha value is -0.380. The standard InChI is InChI=1S/C12H15BrN2/c13-10-2-1-9-3-5-15-6-4-14-8-12(15)11(9)7-10/h1-2,7,12,14H,3-6,8H2. The number of hydrogen-bond donors (Lipinski definition) is 1. The molecule has 3 heteroatoms. The minimum Gasteiger partial charge on any atom is -0.314 e. The fourth-order valence-corrected chi connectivity index (χ4v) is 3.07. The van der Waals surface area contributed by atoms with Gasteiger partial charge in [0.05, 0.1) is 0 Å². The minimum atomic E-state index is 0.597. The summed E-state index contributed by atoms with van der Waals surface area (Å²) in [5.41, 5.74) is 3.05. The van der Waals surface area contributed by atoms with Gasteiger partial charge in [-0.3, -0.25) is 4.90 Å². The van der Waals surface area contributed by atoms with E-state index in [1.807, 2.05) is 0 Å². The molecule has 0 spiro atoms. The second-order valence-electron chi connectivity index (χ2n) is 4.35. The van der Waals surface area contributed by atoms with E-state index >= 15 is 0 Å². The Bertz CT molecular complexity index is 378. The summed E-state index contributed by atoms with van der Waals surface area (Å²) in [7, 11) is 0. The van der Waals surface area contributed by atoms with Crippen molar-refractivity contribution in [3.8, 4) is 0 Å². The monoisotopic (exact) mass is 266 g/mol. The molecule has 1 fully saturated rings. The van der Waals surface area contributed by atoms with Crippen molar-refractivity contribution >= 4 is 15.9 Å². The molecule has 1 N–H and O–H groups in total. The zero-order chi connectivity index (χ0) is 10.3. The molecular weight excluding hydrogens is 252 g/mol. The SMILES string of the molecule is Brc1ccc2c(c1)C1CNCCN1CC2. The molecule has 0 saturated carbocycles. The van der Waals surface area contributed by atoms with Gasteiger partial charge < -0.3 is 5.32 Å². The first-order valence-electron chi connectivity index (χ1n) is 5.58. The number of halogens is 1. The number of nitrogens with one attached hydrogen (secondary N) is 1. The Balaban J connectivity index is 2.01. The molecule has 2 aliphatic heterocycles. The molecule has 1 aromatic carbocycles. The predicted octanol–water partition coefficient (Wildman–Crippen LogP) is 1.95. The molecule has 80 valence electrons. The molecular formula is C12H15BrN2. The first-order valence-corrected chi connectivity index (χ1v) is 6.37. The fraction of sp³-hybridized carbons (Fsp3) is 0.500. The average Bonchev–Trinajstić information content (AvgIpc) is 2.29. The van der Waals surface area contributed by atoms with E-state index in [1.165, 1.54) is 35.1 Å². The van der Waals surface area contributed by atoms with Gasteiger partial charge in [-0.1, -0.05) is 22.0 Å². The van der Waals surface area contributed by atoms with E-state index in [0.29, 0.717) is 6.04 Å². The highest BCUT2D eigenvalue weighted by molar-refractivity contribution is 9.10. The maximum Gasteiger partial charge on any atom is 0.0476 e. The minimum absolute atomic E-state index is 0.597. The van der Waals surface area contributed by atoms with Crippen LogP contribution < -0.4 is 5.32 Å². The maximum atomic E-state index is 3.57. The smallest absolute Gasteiger partial charge is 0.0476 e. The molecule has 1 unspecified atom stereocenters. The van der Waals surface area contributed by atoms with Crippen molar-refractivity contribution in [3.05, 3.63) is 33.8 Å². The van der Waals surface area contributed by atoms with Crippen molar-refractivity contribution in [3.63, 3.8) is 0 Å². The lowest BCUT2D eigenvalue weighted by Gasteiger charge is -2.40. The van der Waals surface area contributed by atoms with Crippen LogP contribution in [0.4, 0.5) is 0 Å². The molecule has 1 saturated heterocycles. The van der Waals surface area contributed by atoms with Crippen LogP contribution in [0.5, 0.6) is 0 Å². The van der Waals surface area contributed by atoms with Gasteiger partial charge in [-0.05, 0) is 29.7 Å². The number of nitrogens with zero attached hydrogens (tertiary/aromatic N) is 1. The lowest BCUT2D eigenvalue weighted by Crippen LogP contribution is -2.48. The van der Waals surface area contributed by atoms with E-state index < -0.39 is 0 Å². The Morgan fingerprint density at radius 2 is 2.27 bits per heavy atom. The van der Waals surface area contributed by atoms with Gasteiger partial charge in [0.25, 0.3) is 0 Å². The van der Waals surface area contributed by atoms with Gasteiger partial charge in [0.2, 0.25) is 0 Å². The second-order valence-corrected chi connectivity index (χ2v) is 5.26. The first-order chi connectivity index (χ1) is 7.34. The van der Waals surface area contributed by atoms with Crippen molar-refractivity contribution < 1.29 is 0 Å². The van der Waals surface area contributed by atoms with Crippen LogP contribution in [0.1, 0.15) is 17.2 Å². The largest absolute Gasteiger partial charge is 0.314 e. The Kier molecular flexibility index (Phi) is 2.54. The van der Waals surface area contributed by atoms with Gasteiger partial charge in [0.1, 0.15) is 0 Å². The summed E-state index contributed by atoms with van der Waals surface area (Å²) in [5.74, 6) is 0. The van der Waals surface area contributed by atoms with E-state index in [2.05, 4.69) is 44.3 Å². The van der Waals surface area contributed by atoms with Crippen LogP contribution in [0.2, 0.25) is 0 Å². The van der Waals surface area contributed by atoms with Gasteiger partial charge in [0, 0.05) is 36.7 Å². The van der Waals surface area contributed by atoms with Gasteiger partial charge in [-0.25, -0.2) is 0 Å². The zero-order valence-electron chi connectivity index (χ0n) is 8.67. The lowest BCUT2D eigenvalue weighted by molar-refractivity contribution is 0.152. The molecule has 0 aliphatic carbocycles. The van der Waals surface area contributed by atoms with E-state index in [4.69, 9.17) is 0 Å². The van der Waals surface area contributed by atoms with Crippen LogP contribution in [0.15, 0.2) is 22.7 Å². The third-order valence-electron chi connectivity index (χ3n) is 3.49. The molecule has 15 heavy (non-hydrogen) atoms. The summed E-state index contributed by atoms with van der Waals surface area (Å²) in [4.78, 5) is 2.60. The predicted molar refractivity (Wildman–Crippen MR) is 65.0 cm³/mol. The van der Waals surface area contributed by atoms with E-state index in [-0.39, 0.29) is 0 Å². The summed E-state index contributed by atoms with van der Waals surface area (Å²) in [6, 6.07) is 7.31. The van der Waals surface area contributed by atoms with Crippen molar-refractivity contribution in [1.82, 2.24) is 10.2 Å². The van der Waals surface area contributed by atoms with Crippen molar-refractivity contribution in [1.29, 1.82) is 0 Å². The summed E-state index contributed by atoms with van der Waals surface area (Å²) < 4.78 is 1.20. The summed E-state index contributed by atoms with van der Waals surface area (Å²) >= 11 is 3.57. The van der Waals surface area contributed by atoms with Gasteiger partial charge in [-0.15, -0.1) is 0 Å². The second kappa shape index (κ2) is 3.89. The van der Waals surface area contributed by atoms with Gasteiger partial charge in [-0.2, -0.15) is 0 Å². The van der Waals surface area contributed by atoms with E-state index in [1.54, 1.807) is 0 Å². The number of hydrogen-bond acceptors (Lipinski definition) is 2. The molecule has 1 atom stereocenters. The van der Waals surface area contributed by atoms with Gasteiger partial charge >= 0.3 is 0 Å². The van der Waals surface area contributed by atoms with Crippen LogP contribution >= 0.6 is 15.9 Å². The van der Waals surface area contributed by atoms with Crippen LogP contribution in [-0.4, -0.2) is 31.1 Å². The van der Waals surface area contributed by atoms with Gasteiger partial charge in [0.15, 0.2) is 0 Å². The maximum absolute atomic E-state index is 3.57. The highest BCUT2D eigenvalue weighted by Gasteiger charge is 2.28. The highest BCUT2D eigenvalue weighted by atomic mass is 79.9. The molecule has 2 heterocycles. The number of piperazine rings is 1. The van der Waals surface area contributed by atoms with Crippen LogP contribution in [0, 0.1) is 0 Å². The number of rotatable bonds is 0. The lowest BCUT2D eigenvalue weighted by atomic mass is 9.91.